The molecule has 1 N–H and O–H groups in total. The molecule has 0 amide bonds. The molecule has 0 fully saturated rings. The number of aliphatic hydroxyl groups excluding tert-OH is 1. The summed E-state index contributed by atoms with van der Waals surface area (Å²) in [5, 5.41) is 12.0. The molecule has 0 aliphatic heterocycles. The molecule has 0 spiro atoms. The maximum absolute atomic E-state index is 8.81. The van der Waals surface area contributed by atoms with Crippen LogP contribution in [0, 0.1) is 13.8 Å². The lowest BCUT2D eigenvalue weighted by Gasteiger charge is -2.03. The monoisotopic (exact) mass is 247 g/mol. The number of hydrogen-bond acceptors (Lipinski definition) is 3. The van der Waals surface area contributed by atoms with E-state index in [1.807, 2.05) is 0 Å². The third-order valence-corrected chi connectivity index (χ3v) is 3.68. The normalized spacial score (nSPS) is 10.8. The van der Waals surface area contributed by atoms with E-state index >= 15 is 0 Å². The minimum atomic E-state index is 0.235. The van der Waals surface area contributed by atoms with Crippen LogP contribution < -0.4 is 0 Å². The van der Waals surface area contributed by atoms with Crippen LogP contribution in [-0.2, 0) is 6.42 Å². The van der Waals surface area contributed by atoms with Crippen molar-refractivity contribution in [2.24, 2.45) is 0 Å². The molecule has 0 bridgehead atoms. The molecule has 0 aliphatic rings. The fourth-order valence-corrected chi connectivity index (χ4v) is 2.63. The number of thiazole rings is 1. The van der Waals surface area contributed by atoms with Crippen molar-refractivity contribution in [2.75, 3.05) is 6.61 Å². The van der Waals surface area contributed by atoms with Gasteiger partial charge in [0, 0.05) is 24.0 Å². The third kappa shape index (κ3) is 2.93. The molecule has 2 rings (SSSR count). The number of hydrogen-bond donors (Lipinski definition) is 1. The van der Waals surface area contributed by atoms with Gasteiger partial charge in [0.05, 0.1) is 10.7 Å². The SMILES string of the molecule is Cc1ccc(C)c(-c2csc(CCCO)n2)c1. The van der Waals surface area contributed by atoms with E-state index in [1.54, 1.807) is 11.3 Å². The first-order chi connectivity index (χ1) is 8.20. The number of aryl methyl sites for hydroxylation is 3. The molecule has 0 radical (unpaired) electrons. The van der Waals surface area contributed by atoms with Crippen LogP contribution >= 0.6 is 11.3 Å². The predicted octanol–water partition coefficient (Wildman–Crippen LogP) is 3.35. The van der Waals surface area contributed by atoms with Crippen molar-refractivity contribution < 1.29 is 5.11 Å². The van der Waals surface area contributed by atoms with E-state index in [0.717, 1.165) is 23.5 Å². The Balaban J connectivity index is 2.27. The molecule has 2 aromatic rings. The largest absolute Gasteiger partial charge is 0.396 e. The molecular weight excluding hydrogens is 230 g/mol. The molecule has 17 heavy (non-hydrogen) atoms. The molecular formula is C14H17NOS. The number of aromatic nitrogens is 1. The Bertz CT molecular complexity index is 505. The van der Waals surface area contributed by atoms with Crippen molar-refractivity contribution in [2.45, 2.75) is 26.7 Å². The summed E-state index contributed by atoms with van der Waals surface area (Å²) in [5.41, 5.74) is 4.80. The Morgan fingerprint density at radius 1 is 1.29 bits per heavy atom. The summed E-state index contributed by atoms with van der Waals surface area (Å²) in [7, 11) is 0. The van der Waals surface area contributed by atoms with E-state index in [9.17, 15) is 0 Å². The standard InChI is InChI=1S/C14H17NOS/c1-10-5-6-11(2)12(8-10)13-9-17-14(15-13)4-3-7-16/h5-6,8-9,16H,3-4,7H2,1-2H3. The van der Waals surface area contributed by atoms with Gasteiger partial charge >= 0.3 is 0 Å². The Kier molecular flexibility index (Phi) is 3.92. The quantitative estimate of drug-likeness (QED) is 0.898. The van der Waals surface area contributed by atoms with Crippen molar-refractivity contribution in [3.63, 3.8) is 0 Å². The molecule has 1 aromatic heterocycles. The molecule has 1 aromatic carbocycles. The van der Waals surface area contributed by atoms with E-state index in [1.165, 1.54) is 16.7 Å². The summed E-state index contributed by atoms with van der Waals surface area (Å²) in [4.78, 5) is 4.63. The van der Waals surface area contributed by atoms with Crippen molar-refractivity contribution in [1.29, 1.82) is 0 Å². The molecule has 0 saturated carbocycles. The van der Waals surface area contributed by atoms with Crippen molar-refractivity contribution in [3.05, 3.63) is 39.7 Å². The van der Waals surface area contributed by atoms with Crippen LogP contribution in [0.4, 0.5) is 0 Å². The van der Waals surface area contributed by atoms with Crippen LogP contribution in [0.5, 0.6) is 0 Å². The second-order valence-corrected chi connectivity index (χ2v) is 5.21. The summed E-state index contributed by atoms with van der Waals surface area (Å²) >= 11 is 1.68. The minimum Gasteiger partial charge on any atom is -0.396 e. The summed E-state index contributed by atoms with van der Waals surface area (Å²) in [6.45, 7) is 4.45. The first-order valence-electron chi connectivity index (χ1n) is 5.83. The molecule has 2 nitrogen and oxygen atoms in total. The number of benzene rings is 1. The second kappa shape index (κ2) is 5.43. The molecule has 0 unspecified atom stereocenters. The van der Waals surface area contributed by atoms with E-state index < -0.39 is 0 Å². The molecule has 1 heterocycles. The zero-order chi connectivity index (χ0) is 12.3. The van der Waals surface area contributed by atoms with Gasteiger partial charge in [-0.15, -0.1) is 11.3 Å². The van der Waals surface area contributed by atoms with Crippen LogP contribution in [0.25, 0.3) is 11.3 Å². The topological polar surface area (TPSA) is 33.1 Å². The lowest BCUT2D eigenvalue weighted by molar-refractivity contribution is 0.288. The van der Waals surface area contributed by atoms with Crippen LogP contribution in [0.3, 0.4) is 0 Å². The molecule has 0 aliphatic carbocycles. The zero-order valence-electron chi connectivity index (χ0n) is 10.2. The summed E-state index contributed by atoms with van der Waals surface area (Å²) in [5.74, 6) is 0. The van der Waals surface area contributed by atoms with Crippen LogP contribution in [0.15, 0.2) is 23.6 Å². The smallest absolute Gasteiger partial charge is 0.0933 e. The van der Waals surface area contributed by atoms with E-state index in [-0.39, 0.29) is 6.61 Å². The van der Waals surface area contributed by atoms with Gasteiger partial charge in [-0.2, -0.15) is 0 Å². The van der Waals surface area contributed by atoms with Gasteiger partial charge in [-0.25, -0.2) is 4.98 Å². The van der Waals surface area contributed by atoms with Crippen LogP contribution in [-0.4, -0.2) is 16.7 Å². The zero-order valence-corrected chi connectivity index (χ0v) is 11.0. The molecule has 3 heteroatoms. The molecule has 0 saturated heterocycles. The molecule has 0 atom stereocenters. The van der Waals surface area contributed by atoms with Gasteiger partial charge in [0.1, 0.15) is 0 Å². The third-order valence-electron chi connectivity index (χ3n) is 2.77. The first kappa shape index (κ1) is 12.3. The van der Waals surface area contributed by atoms with Gasteiger partial charge in [0.15, 0.2) is 0 Å². The Labute approximate surface area is 106 Å². The van der Waals surface area contributed by atoms with Gasteiger partial charge in [-0.3, -0.25) is 0 Å². The fraction of sp³-hybridized carbons (Fsp3) is 0.357. The maximum atomic E-state index is 8.81. The second-order valence-electron chi connectivity index (χ2n) is 4.27. The van der Waals surface area contributed by atoms with Gasteiger partial charge in [0.2, 0.25) is 0 Å². The lowest BCUT2D eigenvalue weighted by Crippen LogP contribution is -1.89. The maximum Gasteiger partial charge on any atom is 0.0933 e. The van der Waals surface area contributed by atoms with Gasteiger partial charge in [-0.1, -0.05) is 17.7 Å². The van der Waals surface area contributed by atoms with E-state index in [4.69, 9.17) is 5.11 Å². The Morgan fingerprint density at radius 2 is 2.12 bits per heavy atom. The fourth-order valence-electron chi connectivity index (χ4n) is 1.79. The van der Waals surface area contributed by atoms with Gasteiger partial charge in [0.25, 0.3) is 0 Å². The van der Waals surface area contributed by atoms with Crippen molar-refractivity contribution >= 4 is 11.3 Å². The van der Waals surface area contributed by atoms with Gasteiger partial charge in [-0.05, 0) is 31.9 Å². The highest BCUT2D eigenvalue weighted by atomic mass is 32.1. The average molecular weight is 247 g/mol. The molecule has 90 valence electrons. The van der Waals surface area contributed by atoms with Crippen molar-refractivity contribution in [1.82, 2.24) is 4.98 Å². The predicted molar refractivity (Wildman–Crippen MR) is 72.4 cm³/mol. The van der Waals surface area contributed by atoms with Crippen LogP contribution in [0.1, 0.15) is 22.6 Å². The summed E-state index contributed by atoms with van der Waals surface area (Å²) in [6.07, 6.45) is 1.66. The number of rotatable bonds is 4. The highest BCUT2D eigenvalue weighted by Gasteiger charge is 2.07. The Hall–Kier alpha value is -1.19. The Morgan fingerprint density at radius 3 is 2.88 bits per heavy atom. The number of aliphatic hydroxyl groups is 1. The van der Waals surface area contributed by atoms with Crippen molar-refractivity contribution in [3.8, 4) is 11.3 Å². The summed E-state index contributed by atoms with van der Waals surface area (Å²) in [6, 6.07) is 6.44. The van der Waals surface area contributed by atoms with E-state index in [0.29, 0.717) is 0 Å². The lowest BCUT2D eigenvalue weighted by atomic mass is 10.0. The van der Waals surface area contributed by atoms with E-state index in [2.05, 4.69) is 42.4 Å². The number of nitrogens with zero attached hydrogens (tertiary/aromatic N) is 1. The highest BCUT2D eigenvalue weighted by molar-refractivity contribution is 7.09. The summed E-state index contributed by atoms with van der Waals surface area (Å²) < 4.78 is 0. The minimum absolute atomic E-state index is 0.235. The first-order valence-corrected chi connectivity index (χ1v) is 6.71. The van der Waals surface area contributed by atoms with Gasteiger partial charge < -0.3 is 5.11 Å². The van der Waals surface area contributed by atoms with Crippen LogP contribution in [0.2, 0.25) is 0 Å². The highest BCUT2D eigenvalue weighted by Crippen LogP contribution is 2.26. The average Bonchev–Trinajstić information content (AvgIpc) is 2.78.